The van der Waals surface area contributed by atoms with Crippen molar-refractivity contribution in [3.05, 3.63) is 30.1 Å². The third-order valence-electron chi connectivity index (χ3n) is 3.01. The molecule has 1 aromatic rings. The van der Waals surface area contributed by atoms with Crippen molar-refractivity contribution < 1.29 is 0 Å². The van der Waals surface area contributed by atoms with Gasteiger partial charge in [0.2, 0.25) is 0 Å². The smallest absolute Gasteiger partial charge is 0.0416 e. The Kier molecular flexibility index (Phi) is 2.55. The van der Waals surface area contributed by atoms with Crippen LogP contribution >= 0.6 is 0 Å². The van der Waals surface area contributed by atoms with Gasteiger partial charge in [-0.1, -0.05) is 19.9 Å². The van der Waals surface area contributed by atoms with Gasteiger partial charge in [-0.2, -0.15) is 0 Å². The predicted molar refractivity (Wildman–Crippen MR) is 58.1 cm³/mol. The summed E-state index contributed by atoms with van der Waals surface area (Å²) < 4.78 is 0. The molecule has 1 aromatic heterocycles. The Morgan fingerprint density at radius 1 is 1.50 bits per heavy atom. The molecule has 0 aliphatic heterocycles. The Labute approximate surface area is 85.7 Å². The first-order chi connectivity index (χ1) is 6.68. The van der Waals surface area contributed by atoms with Crippen molar-refractivity contribution in [1.29, 1.82) is 0 Å². The number of hydrogen-bond donors (Lipinski definition) is 1. The Morgan fingerprint density at radius 3 is 2.86 bits per heavy atom. The molecule has 0 saturated heterocycles. The van der Waals surface area contributed by atoms with Crippen LogP contribution in [0.25, 0.3) is 0 Å². The van der Waals surface area contributed by atoms with Crippen molar-refractivity contribution in [1.82, 2.24) is 10.3 Å². The van der Waals surface area contributed by atoms with Crippen LogP contribution in [0.1, 0.15) is 26.0 Å². The zero-order valence-corrected chi connectivity index (χ0v) is 8.96. The van der Waals surface area contributed by atoms with Gasteiger partial charge in [-0.05, 0) is 24.0 Å². The molecule has 1 atom stereocenters. The Hall–Kier alpha value is -0.890. The van der Waals surface area contributed by atoms with E-state index < -0.39 is 0 Å². The van der Waals surface area contributed by atoms with Crippen LogP contribution in [0.2, 0.25) is 0 Å². The summed E-state index contributed by atoms with van der Waals surface area (Å²) in [4.78, 5) is 4.29. The molecule has 1 heterocycles. The fourth-order valence-corrected chi connectivity index (χ4v) is 1.74. The highest BCUT2D eigenvalue weighted by Gasteiger charge is 2.44. The van der Waals surface area contributed by atoms with E-state index in [1.807, 2.05) is 18.3 Å². The van der Waals surface area contributed by atoms with Crippen molar-refractivity contribution in [2.24, 2.45) is 5.41 Å². The lowest BCUT2D eigenvalue weighted by Gasteiger charge is -2.05. The van der Waals surface area contributed by atoms with E-state index in [1.54, 1.807) is 0 Å². The number of hydrogen-bond acceptors (Lipinski definition) is 2. The first kappa shape index (κ1) is 9.66. The first-order valence-electron chi connectivity index (χ1n) is 5.32. The second-order valence-corrected chi connectivity index (χ2v) is 4.77. The zero-order valence-electron chi connectivity index (χ0n) is 8.96. The van der Waals surface area contributed by atoms with Crippen molar-refractivity contribution in [2.75, 3.05) is 6.54 Å². The van der Waals surface area contributed by atoms with Crippen LogP contribution in [0.3, 0.4) is 0 Å². The molecule has 2 rings (SSSR count). The maximum atomic E-state index is 4.29. The van der Waals surface area contributed by atoms with Crippen LogP contribution in [0.5, 0.6) is 0 Å². The van der Waals surface area contributed by atoms with Crippen LogP contribution in [-0.2, 0) is 6.42 Å². The average Bonchev–Trinajstić information content (AvgIpc) is 2.76. The maximum Gasteiger partial charge on any atom is 0.0416 e. The summed E-state index contributed by atoms with van der Waals surface area (Å²) >= 11 is 0. The molecule has 1 fully saturated rings. The Balaban J connectivity index is 1.69. The molecule has 1 saturated carbocycles. The lowest BCUT2D eigenvalue weighted by molar-refractivity contribution is 0.542. The molecule has 14 heavy (non-hydrogen) atoms. The topological polar surface area (TPSA) is 24.9 Å². The Bertz CT molecular complexity index is 292. The molecule has 1 aliphatic carbocycles. The van der Waals surface area contributed by atoms with E-state index in [0.717, 1.165) is 19.0 Å². The Morgan fingerprint density at radius 2 is 2.29 bits per heavy atom. The standard InChI is InChI=1S/C12H18N2/c1-12(2)9-11(12)14-8-6-10-5-3-4-7-13-10/h3-5,7,11,14H,6,8-9H2,1-2H3. The molecular formula is C12H18N2. The highest BCUT2D eigenvalue weighted by Crippen LogP contribution is 2.44. The van der Waals surface area contributed by atoms with Gasteiger partial charge in [-0.3, -0.25) is 4.98 Å². The van der Waals surface area contributed by atoms with Crippen LogP contribution in [0, 0.1) is 5.41 Å². The molecule has 0 spiro atoms. The lowest BCUT2D eigenvalue weighted by atomic mass is 10.2. The molecule has 0 bridgehead atoms. The largest absolute Gasteiger partial charge is 0.313 e. The average molecular weight is 190 g/mol. The van der Waals surface area contributed by atoms with Crippen LogP contribution in [0.15, 0.2) is 24.4 Å². The molecule has 76 valence electrons. The number of nitrogens with zero attached hydrogens (tertiary/aromatic N) is 1. The monoisotopic (exact) mass is 190 g/mol. The summed E-state index contributed by atoms with van der Waals surface area (Å²) in [5.41, 5.74) is 1.71. The van der Waals surface area contributed by atoms with Crippen LogP contribution in [0.4, 0.5) is 0 Å². The van der Waals surface area contributed by atoms with Crippen molar-refractivity contribution in [2.45, 2.75) is 32.7 Å². The van der Waals surface area contributed by atoms with E-state index in [0.29, 0.717) is 5.41 Å². The van der Waals surface area contributed by atoms with E-state index in [9.17, 15) is 0 Å². The van der Waals surface area contributed by atoms with Gasteiger partial charge < -0.3 is 5.32 Å². The van der Waals surface area contributed by atoms with Gasteiger partial charge in [0.1, 0.15) is 0 Å². The molecular weight excluding hydrogens is 172 g/mol. The van der Waals surface area contributed by atoms with Gasteiger partial charge in [0, 0.05) is 30.9 Å². The molecule has 0 aromatic carbocycles. The van der Waals surface area contributed by atoms with Crippen molar-refractivity contribution >= 4 is 0 Å². The summed E-state index contributed by atoms with van der Waals surface area (Å²) in [5.74, 6) is 0. The summed E-state index contributed by atoms with van der Waals surface area (Å²) in [6, 6.07) is 6.82. The molecule has 0 amide bonds. The second-order valence-electron chi connectivity index (χ2n) is 4.77. The number of aromatic nitrogens is 1. The van der Waals surface area contributed by atoms with Gasteiger partial charge in [-0.25, -0.2) is 0 Å². The summed E-state index contributed by atoms with van der Waals surface area (Å²) in [6.45, 7) is 5.67. The summed E-state index contributed by atoms with van der Waals surface area (Å²) in [5, 5.41) is 3.56. The van der Waals surface area contributed by atoms with Gasteiger partial charge >= 0.3 is 0 Å². The van der Waals surface area contributed by atoms with Crippen LogP contribution < -0.4 is 5.32 Å². The minimum absolute atomic E-state index is 0.532. The highest BCUT2D eigenvalue weighted by molar-refractivity contribution is 5.05. The third kappa shape index (κ3) is 2.32. The minimum Gasteiger partial charge on any atom is -0.313 e. The number of rotatable bonds is 4. The maximum absolute atomic E-state index is 4.29. The fraction of sp³-hybridized carbons (Fsp3) is 0.583. The summed E-state index contributed by atoms with van der Waals surface area (Å²) in [6.07, 6.45) is 4.21. The minimum atomic E-state index is 0.532. The molecule has 2 heteroatoms. The number of nitrogens with one attached hydrogen (secondary N) is 1. The molecule has 0 radical (unpaired) electrons. The molecule has 1 unspecified atom stereocenters. The fourth-order valence-electron chi connectivity index (χ4n) is 1.74. The van der Waals surface area contributed by atoms with Gasteiger partial charge in [0.05, 0.1) is 0 Å². The van der Waals surface area contributed by atoms with Gasteiger partial charge in [0.15, 0.2) is 0 Å². The first-order valence-corrected chi connectivity index (χ1v) is 5.32. The number of pyridine rings is 1. The van der Waals surface area contributed by atoms with Crippen molar-refractivity contribution in [3.8, 4) is 0 Å². The van der Waals surface area contributed by atoms with Gasteiger partial charge in [0.25, 0.3) is 0 Å². The van der Waals surface area contributed by atoms with E-state index in [4.69, 9.17) is 0 Å². The predicted octanol–water partition coefficient (Wildman–Crippen LogP) is 2.01. The van der Waals surface area contributed by atoms with E-state index in [1.165, 1.54) is 12.1 Å². The second kappa shape index (κ2) is 3.70. The van der Waals surface area contributed by atoms with E-state index in [2.05, 4.69) is 30.2 Å². The van der Waals surface area contributed by atoms with E-state index >= 15 is 0 Å². The SMILES string of the molecule is CC1(C)CC1NCCc1ccccn1. The quantitative estimate of drug-likeness (QED) is 0.785. The zero-order chi connectivity index (χ0) is 10.0. The van der Waals surface area contributed by atoms with Gasteiger partial charge in [-0.15, -0.1) is 0 Å². The molecule has 2 nitrogen and oxygen atoms in total. The van der Waals surface area contributed by atoms with Crippen LogP contribution in [-0.4, -0.2) is 17.6 Å². The van der Waals surface area contributed by atoms with E-state index in [-0.39, 0.29) is 0 Å². The summed E-state index contributed by atoms with van der Waals surface area (Å²) in [7, 11) is 0. The highest BCUT2D eigenvalue weighted by atomic mass is 15.0. The normalized spacial score (nSPS) is 23.4. The third-order valence-corrected chi connectivity index (χ3v) is 3.01. The van der Waals surface area contributed by atoms with Crippen molar-refractivity contribution in [3.63, 3.8) is 0 Å². The molecule has 1 aliphatic rings. The lowest BCUT2D eigenvalue weighted by Crippen LogP contribution is -2.23. The molecule has 1 N–H and O–H groups in total.